The van der Waals surface area contributed by atoms with Gasteiger partial charge in [0.2, 0.25) is 0 Å². The van der Waals surface area contributed by atoms with Crippen LogP contribution < -0.4 is 5.32 Å². The van der Waals surface area contributed by atoms with Gasteiger partial charge in [0.15, 0.2) is 0 Å². The highest BCUT2D eigenvalue weighted by molar-refractivity contribution is 5.95. The van der Waals surface area contributed by atoms with E-state index in [1.54, 1.807) is 32.0 Å². The molecule has 1 aromatic heterocycles. The van der Waals surface area contributed by atoms with Crippen molar-refractivity contribution in [2.24, 2.45) is 0 Å². The Morgan fingerprint density at radius 2 is 2.17 bits per heavy atom. The van der Waals surface area contributed by atoms with E-state index in [1.165, 1.54) is 24.1 Å². The standard InChI is InChI=1S/C17H22FN3O3/c1-12-13(16(23)20-17(2,8-9-22)11-24-3)10-19-21(12)15-7-5-4-6-14(15)18/h4-7,10,22H,8-9,11H2,1-3H3,(H,20,23). The summed E-state index contributed by atoms with van der Waals surface area (Å²) in [4.78, 5) is 12.6. The Bertz CT molecular complexity index is 709. The molecule has 0 aliphatic carbocycles. The zero-order chi connectivity index (χ0) is 17.7. The van der Waals surface area contributed by atoms with Crippen LogP contribution in [0.25, 0.3) is 5.69 Å². The number of methoxy groups -OCH3 is 1. The number of carbonyl (C=O) groups excluding carboxylic acids is 1. The third-order valence-electron chi connectivity index (χ3n) is 3.88. The lowest BCUT2D eigenvalue weighted by Crippen LogP contribution is -2.50. The zero-order valence-electron chi connectivity index (χ0n) is 14.0. The molecule has 1 amide bonds. The van der Waals surface area contributed by atoms with Gasteiger partial charge < -0.3 is 15.2 Å². The van der Waals surface area contributed by atoms with Gasteiger partial charge in [-0.3, -0.25) is 4.79 Å². The van der Waals surface area contributed by atoms with Gasteiger partial charge in [0, 0.05) is 13.7 Å². The van der Waals surface area contributed by atoms with Gasteiger partial charge in [0.05, 0.1) is 29.6 Å². The maximum atomic E-state index is 13.9. The maximum Gasteiger partial charge on any atom is 0.255 e. The summed E-state index contributed by atoms with van der Waals surface area (Å²) < 4.78 is 20.4. The summed E-state index contributed by atoms with van der Waals surface area (Å²) in [6.45, 7) is 3.68. The molecule has 130 valence electrons. The number of nitrogens with one attached hydrogen (secondary N) is 1. The summed E-state index contributed by atoms with van der Waals surface area (Å²) in [7, 11) is 1.53. The van der Waals surface area contributed by atoms with Crippen molar-refractivity contribution in [3.63, 3.8) is 0 Å². The summed E-state index contributed by atoms with van der Waals surface area (Å²) in [5.41, 5.74) is 0.455. The molecule has 0 aliphatic rings. The minimum absolute atomic E-state index is 0.0758. The molecule has 6 nitrogen and oxygen atoms in total. The Morgan fingerprint density at radius 1 is 1.46 bits per heavy atom. The summed E-state index contributed by atoms with van der Waals surface area (Å²) in [5, 5.41) is 16.2. The van der Waals surface area contributed by atoms with Crippen LogP contribution in [0.4, 0.5) is 4.39 Å². The van der Waals surface area contributed by atoms with Crippen LogP contribution in [-0.4, -0.2) is 46.7 Å². The van der Waals surface area contributed by atoms with Crippen LogP contribution in [0.3, 0.4) is 0 Å². The smallest absolute Gasteiger partial charge is 0.255 e. The van der Waals surface area contributed by atoms with Gasteiger partial charge in [-0.25, -0.2) is 9.07 Å². The molecule has 1 unspecified atom stereocenters. The Hall–Kier alpha value is -2.25. The summed E-state index contributed by atoms with van der Waals surface area (Å²) >= 11 is 0. The number of ether oxygens (including phenoxy) is 1. The summed E-state index contributed by atoms with van der Waals surface area (Å²) in [5.74, 6) is -0.761. The maximum absolute atomic E-state index is 13.9. The van der Waals surface area contributed by atoms with E-state index in [4.69, 9.17) is 4.74 Å². The van der Waals surface area contributed by atoms with E-state index in [9.17, 15) is 14.3 Å². The molecule has 0 aliphatic heterocycles. The molecule has 2 rings (SSSR count). The molecule has 0 bridgehead atoms. The Labute approximate surface area is 140 Å². The van der Waals surface area contributed by atoms with E-state index >= 15 is 0 Å². The van der Waals surface area contributed by atoms with Crippen LogP contribution in [0, 0.1) is 12.7 Å². The molecule has 2 N–H and O–H groups in total. The van der Waals surface area contributed by atoms with Gasteiger partial charge in [-0.1, -0.05) is 12.1 Å². The molecule has 1 heterocycles. The number of hydrogen-bond acceptors (Lipinski definition) is 4. The number of aliphatic hydroxyl groups is 1. The first kappa shape index (κ1) is 18.1. The first-order valence-electron chi connectivity index (χ1n) is 7.63. The normalized spacial score (nSPS) is 13.5. The molecule has 7 heteroatoms. The van der Waals surface area contributed by atoms with Crippen molar-refractivity contribution >= 4 is 5.91 Å². The number of amides is 1. The predicted molar refractivity (Wildman–Crippen MR) is 87.7 cm³/mol. The molecule has 0 fully saturated rings. The molecule has 0 saturated heterocycles. The van der Waals surface area contributed by atoms with E-state index in [-0.39, 0.29) is 24.8 Å². The van der Waals surface area contributed by atoms with Gasteiger partial charge in [-0.15, -0.1) is 0 Å². The largest absolute Gasteiger partial charge is 0.396 e. The average molecular weight is 335 g/mol. The molecule has 1 aromatic carbocycles. The number of hydrogen-bond donors (Lipinski definition) is 2. The van der Waals surface area contributed by atoms with E-state index < -0.39 is 11.4 Å². The van der Waals surface area contributed by atoms with Crippen molar-refractivity contribution in [3.05, 3.63) is 47.5 Å². The van der Waals surface area contributed by atoms with Gasteiger partial charge in [0.25, 0.3) is 5.91 Å². The summed E-state index contributed by atoms with van der Waals surface area (Å²) in [6.07, 6.45) is 1.76. The third-order valence-corrected chi connectivity index (χ3v) is 3.88. The Kier molecular flexibility index (Phi) is 5.69. The quantitative estimate of drug-likeness (QED) is 0.809. The van der Waals surface area contributed by atoms with Crippen molar-refractivity contribution < 1.29 is 19.0 Å². The number of rotatable bonds is 7. The van der Waals surface area contributed by atoms with Crippen LogP contribution in [0.15, 0.2) is 30.5 Å². The van der Waals surface area contributed by atoms with Crippen molar-refractivity contribution in [3.8, 4) is 5.69 Å². The molecule has 2 aromatic rings. The lowest BCUT2D eigenvalue weighted by atomic mass is 9.98. The highest BCUT2D eigenvalue weighted by Gasteiger charge is 2.28. The monoisotopic (exact) mass is 335 g/mol. The fourth-order valence-electron chi connectivity index (χ4n) is 2.58. The Morgan fingerprint density at radius 3 is 2.79 bits per heavy atom. The van der Waals surface area contributed by atoms with Crippen LogP contribution in [-0.2, 0) is 4.74 Å². The minimum Gasteiger partial charge on any atom is -0.396 e. The first-order chi connectivity index (χ1) is 11.4. The van der Waals surface area contributed by atoms with E-state index in [0.717, 1.165) is 0 Å². The van der Waals surface area contributed by atoms with E-state index in [1.807, 2.05) is 0 Å². The predicted octanol–water partition coefficient (Wildman–Crippen LogP) is 1.84. The molecule has 24 heavy (non-hydrogen) atoms. The second-order valence-electron chi connectivity index (χ2n) is 5.93. The van der Waals surface area contributed by atoms with Crippen molar-refractivity contribution in [1.82, 2.24) is 15.1 Å². The van der Waals surface area contributed by atoms with Crippen LogP contribution in [0.5, 0.6) is 0 Å². The highest BCUT2D eigenvalue weighted by Crippen LogP contribution is 2.18. The van der Waals surface area contributed by atoms with Gasteiger partial charge in [-0.2, -0.15) is 5.10 Å². The molecule has 0 spiro atoms. The average Bonchev–Trinajstić information content (AvgIpc) is 2.89. The minimum atomic E-state index is -0.701. The topological polar surface area (TPSA) is 76.4 Å². The summed E-state index contributed by atoms with van der Waals surface area (Å²) in [6, 6.07) is 6.23. The lowest BCUT2D eigenvalue weighted by Gasteiger charge is -2.29. The van der Waals surface area contributed by atoms with E-state index in [2.05, 4.69) is 10.4 Å². The molecule has 0 radical (unpaired) electrons. The van der Waals surface area contributed by atoms with E-state index in [0.29, 0.717) is 17.7 Å². The molecular formula is C17H22FN3O3. The van der Waals surface area contributed by atoms with Crippen molar-refractivity contribution in [1.29, 1.82) is 0 Å². The number of nitrogens with zero attached hydrogens (tertiary/aromatic N) is 2. The number of halogens is 1. The van der Waals surface area contributed by atoms with Crippen molar-refractivity contribution in [2.45, 2.75) is 25.8 Å². The Balaban J connectivity index is 2.27. The number of aromatic nitrogens is 2. The van der Waals surface area contributed by atoms with Gasteiger partial charge in [0.1, 0.15) is 11.5 Å². The first-order valence-corrected chi connectivity index (χ1v) is 7.63. The molecular weight excluding hydrogens is 313 g/mol. The number of carbonyl (C=O) groups is 1. The number of aliphatic hydroxyl groups excluding tert-OH is 1. The highest BCUT2D eigenvalue weighted by atomic mass is 19.1. The third kappa shape index (κ3) is 3.80. The van der Waals surface area contributed by atoms with Crippen LogP contribution in [0.2, 0.25) is 0 Å². The number of benzene rings is 1. The van der Waals surface area contributed by atoms with Crippen LogP contribution in [0.1, 0.15) is 29.4 Å². The van der Waals surface area contributed by atoms with Gasteiger partial charge >= 0.3 is 0 Å². The van der Waals surface area contributed by atoms with Crippen molar-refractivity contribution in [2.75, 3.05) is 20.3 Å². The second kappa shape index (κ2) is 7.55. The fraction of sp³-hybridized carbons (Fsp3) is 0.412. The zero-order valence-corrected chi connectivity index (χ0v) is 14.0. The second-order valence-corrected chi connectivity index (χ2v) is 5.93. The van der Waals surface area contributed by atoms with Gasteiger partial charge in [-0.05, 0) is 32.4 Å². The molecule has 0 saturated carbocycles. The molecule has 1 atom stereocenters. The lowest BCUT2D eigenvalue weighted by molar-refractivity contribution is 0.0725. The SMILES string of the molecule is COCC(C)(CCO)NC(=O)c1cnn(-c2ccccc2F)c1C. The van der Waals surface area contributed by atoms with Crippen LogP contribution >= 0.6 is 0 Å². The number of para-hydroxylation sites is 1. The fourth-order valence-corrected chi connectivity index (χ4v) is 2.58.